The molecular formula is C10H9ClINO2. The third-order valence-corrected chi connectivity index (χ3v) is 3.31. The fourth-order valence-electron chi connectivity index (χ4n) is 1.40. The van der Waals surface area contributed by atoms with Gasteiger partial charge in [0.05, 0.1) is 18.7 Å². The number of carbonyl (C=O) groups excluding carboxylic acids is 1. The van der Waals surface area contributed by atoms with Crippen molar-refractivity contribution in [2.45, 2.75) is 6.42 Å². The van der Waals surface area contributed by atoms with Gasteiger partial charge >= 0.3 is 0 Å². The lowest BCUT2D eigenvalue weighted by molar-refractivity contribution is -0.0769. The minimum absolute atomic E-state index is 0.112. The standard InChI is InChI=1S/C10H9ClINO2/c11-7-2-3-9(12)8(6-7)10(14)13-4-1-5-15-13/h2-3,6H,1,4-5H2. The molecule has 2 rings (SSSR count). The Morgan fingerprint density at radius 3 is 3.00 bits per heavy atom. The maximum Gasteiger partial charge on any atom is 0.278 e. The highest BCUT2D eigenvalue weighted by atomic mass is 127. The Labute approximate surface area is 106 Å². The number of nitrogens with zero attached hydrogens (tertiary/aromatic N) is 1. The molecule has 0 aromatic heterocycles. The molecule has 1 aromatic carbocycles. The van der Waals surface area contributed by atoms with Gasteiger partial charge in [-0.3, -0.25) is 9.63 Å². The lowest BCUT2D eigenvalue weighted by atomic mass is 10.2. The van der Waals surface area contributed by atoms with Gasteiger partial charge in [-0.2, -0.15) is 0 Å². The quantitative estimate of drug-likeness (QED) is 0.738. The van der Waals surface area contributed by atoms with E-state index in [-0.39, 0.29) is 5.91 Å². The van der Waals surface area contributed by atoms with Gasteiger partial charge in [0.15, 0.2) is 0 Å². The van der Waals surface area contributed by atoms with Crippen LogP contribution < -0.4 is 0 Å². The predicted octanol–water partition coefficient (Wildman–Crippen LogP) is 2.72. The molecule has 0 saturated carbocycles. The summed E-state index contributed by atoms with van der Waals surface area (Å²) in [6, 6.07) is 5.27. The smallest absolute Gasteiger partial charge is 0.271 e. The molecule has 0 aliphatic carbocycles. The molecule has 1 saturated heterocycles. The van der Waals surface area contributed by atoms with Gasteiger partial charge in [-0.1, -0.05) is 11.6 Å². The van der Waals surface area contributed by atoms with E-state index in [9.17, 15) is 4.79 Å². The van der Waals surface area contributed by atoms with Crippen molar-refractivity contribution in [3.05, 3.63) is 32.4 Å². The molecule has 1 fully saturated rings. The van der Waals surface area contributed by atoms with Crippen LogP contribution in [0.25, 0.3) is 0 Å². The molecule has 15 heavy (non-hydrogen) atoms. The van der Waals surface area contributed by atoms with E-state index < -0.39 is 0 Å². The zero-order chi connectivity index (χ0) is 10.8. The summed E-state index contributed by atoms with van der Waals surface area (Å²) in [6.45, 7) is 1.27. The number of amides is 1. The van der Waals surface area contributed by atoms with Crippen molar-refractivity contribution in [1.82, 2.24) is 5.06 Å². The summed E-state index contributed by atoms with van der Waals surface area (Å²) in [4.78, 5) is 17.2. The van der Waals surface area contributed by atoms with E-state index in [0.29, 0.717) is 23.7 Å². The number of halogens is 2. The van der Waals surface area contributed by atoms with E-state index in [1.54, 1.807) is 12.1 Å². The van der Waals surface area contributed by atoms with Crippen LogP contribution in [0, 0.1) is 3.57 Å². The van der Waals surface area contributed by atoms with Crippen molar-refractivity contribution in [1.29, 1.82) is 0 Å². The Hall–Kier alpha value is -0.330. The van der Waals surface area contributed by atoms with Crippen molar-refractivity contribution >= 4 is 40.1 Å². The van der Waals surface area contributed by atoms with Gasteiger partial charge in [-0.15, -0.1) is 0 Å². The number of hydrogen-bond acceptors (Lipinski definition) is 2. The number of hydroxylamine groups is 2. The third kappa shape index (κ3) is 2.43. The number of carbonyl (C=O) groups is 1. The topological polar surface area (TPSA) is 29.5 Å². The van der Waals surface area contributed by atoms with Gasteiger partial charge < -0.3 is 0 Å². The largest absolute Gasteiger partial charge is 0.278 e. The van der Waals surface area contributed by atoms with E-state index in [0.717, 1.165) is 9.99 Å². The van der Waals surface area contributed by atoms with E-state index >= 15 is 0 Å². The van der Waals surface area contributed by atoms with E-state index in [2.05, 4.69) is 22.6 Å². The first kappa shape index (κ1) is 11.2. The molecule has 0 unspecified atom stereocenters. The second-order valence-corrected chi connectivity index (χ2v) is 4.82. The molecule has 1 aliphatic heterocycles. The molecular weight excluding hydrogens is 328 g/mol. The van der Waals surface area contributed by atoms with Crippen LogP contribution in [-0.4, -0.2) is 24.1 Å². The highest BCUT2D eigenvalue weighted by Crippen LogP contribution is 2.20. The molecule has 5 heteroatoms. The first-order valence-electron chi connectivity index (χ1n) is 4.58. The van der Waals surface area contributed by atoms with Crippen LogP contribution in [0.2, 0.25) is 5.02 Å². The summed E-state index contributed by atoms with van der Waals surface area (Å²) in [5.41, 5.74) is 0.602. The minimum Gasteiger partial charge on any atom is -0.271 e. The maximum atomic E-state index is 12.0. The summed E-state index contributed by atoms with van der Waals surface area (Å²) in [6.07, 6.45) is 0.892. The predicted molar refractivity (Wildman–Crippen MR) is 65.8 cm³/mol. The molecule has 0 radical (unpaired) electrons. The number of hydrogen-bond donors (Lipinski definition) is 0. The molecule has 0 N–H and O–H groups in total. The first-order valence-corrected chi connectivity index (χ1v) is 6.04. The Bertz CT molecular complexity index is 391. The lowest BCUT2D eigenvalue weighted by Crippen LogP contribution is -2.27. The van der Waals surface area contributed by atoms with Crippen molar-refractivity contribution in [2.75, 3.05) is 13.2 Å². The summed E-state index contributed by atoms with van der Waals surface area (Å²) >= 11 is 7.97. The summed E-state index contributed by atoms with van der Waals surface area (Å²) in [5.74, 6) is -0.112. The maximum absolute atomic E-state index is 12.0. The van der Waals surface area contributed by atoms with Crippen LogP contribution in [0.3, 0.4) is 0 Å². The van der Waals surface area contributed by atoms with Crippen molar-refractivity contribution in [3.8, 4) is 0 Å². The molecule has 1 amide bonds. The first-order chi connectivity index (χ1) is 7.18. The Morgan fingerprint density at radius 2 is 2.33 bits per heavy atom. The Morgan fingerprint density at radius 1 is 1.53 bits per heavy atom. The third-order valence-electron chi connectivity index (χ3n) is 2.14. The van der Waals surface area contributed by atoms with Crippen molar-refractivity contribution in [2.24, 2.45) is 0 Å². The highest BCUT2D eigenvalue weighted by molar-refractivity contribution is 14.1. The average Bonchev–Trinajstić information content (AvgIpc) is 2.74. The second kappa shape index (κ2) is 4.67. The molecule has 3 nitrogen and oxygen atoms in total. The molecule has 1 aliphatic rings. The van der Waals surface area contributed by atoms with Crippen LogP contribution in [0.5, 0.6) is 0 Å². The van der Waals surface area contributed by atoms with Gasteiger partial charge in [0.25, 0.3) is 5.91 Å². The van der Waals surface area contributed by atoms with E-state index in [1.807, 2.05) is 6.07 Å². The molecule has 0 bridgehead atoms. The monoisotopic (exact) mass is 337 g/mol. The summed E-state index contributed by atoms with van der Waals surface area (Å²) in [7, 11) is 0. The number of rotatable bonds is 1. The van der Waals surface area contributed by atoms with Gasteiger partial charge in [-0.25, -0.2) is 5.06 Å². The normalized spacial score (nSPS) is 15.7. The SMILES string of the molecule is O=C(c1cc(Cl)ccc1I)N1CCCO1. The van der Waals surface area contributed by atoms with Gasteiger partial charge in [0.2, 0.25) is 0 Å². The van der Waals surface area contributed by atoms with Crippen molar-refractivity contribution < 1.29 is 9.63 Å². The molecule has 1 aromatic rings. The lowest BCUT2D eigenvalue weighted by Gasteiger charge is -2.14. The zero-order valence-electron chi connectivity index (χ0n) is 7.87. The molecule has 1 heterocycles. The highest BCUT2D eigenvalue weighted by Gasteiger charge is 2.22. The van der Waals surface area contributed by atoms with Crippen LogP contribution in [0.15, 0.2) is 18.2 Å². The zero-order valence-corrected chi connectivity index (χ0v) is 10.8. The summed E-state index contributed by atoms with van der Waals surface area (Å²) < 4.78 is 0.887. The Balaban J connectivity index is 2.27. The molecule has 0 spiro atoms. The Kier molecular flexibility index (Phi) is 3.48. The summed E-state index contributed by atoms with van der Waals surface area (Å²) in [5, 5.41) is 1.96. The van der Waals surface area contributed by atoms with E-state index in [1.165, 1.54) is 5.06 Å². The second-order valence-electron chi connectivity index (χ2n) is 3.22. The van der Waals surface area contributed by atoms with Crippen LogP contribution in [0.1, 0.15) is 16.8 Å². The average molecular weight is 338 g/mol. The van der Waals surface area contributed by atoms with E-state index in [4.69, 9.17) is 16.4 Å². The number of benzene rings is 1. The fourth-order valence-corrected chi connectivity index (χ4v) is 2.14. The fraction of sp³-hybridized carbons (Fsp3) is 0.300. The molecule has 80 valence electrons. The van der Waals surface area contributed by atoms with Gasteiger partial charge in [-0.05, 0) is 47.2 Å². The molecule has 0 atom stereocenters. The van der Waals surface area contributed by atoms with Gasteiger partial charge in [0.1, 0.15) is 0 Å². The van der Waals surface area contributed by atoms with Crippen LogP contribution >= 0.6 is 34.2 Å². The van der Waals surface area contributed by atoms with Crippen LogP contribution in [-0.2, 0) is 4.84 Å². The van der Waals surface area contributed by atoms with Gasteiger partial charge in [0, 0.05) is 8.59 Å². The minimum atomic E-state index is -0.112. The van der Waals surface area contributed by atoms with Crippen molar-refractivity contribution in [3.63, 3.8) is 0 Å². The van der Waals surface area contributed by atoms with Crippen LogP contribution in [0.4, 0.5) is 0 Å².